The van der Waals surface area contributed by atoms with Gasteiger partial charge < -0.3 is 13.8 Å². The molecule has 1 fully saturated rings. The Morgan fingerprint density at radius 2 is 1.39 bits per heavy atom. The number of rotatable bonds is 23. The normalized spacial score (nSPS) is 21.2. The van der Waals surface area contributed by atoms with Gasteiger partial charge in [-0.25, -0.2) is 16.8 Å². The van der Waals surface area contributed by atoms with Gasteiger partial charge in [0.2, 0.25) is 0 Å². The second-order valence-corrected chi connectivity index (χ2v) is 23.3. The maximum absolute atomic E-state index is 12.4. The van der Waals surface area contributed by atoms with Gasteiger partial charge in [0.1, 0.15) is 10.1 Å². The molecule has 0 radical (unpaired) electrons. The number of ether oxygens (including phenoxy) is 2. The topological polar surface area (TPSA) is 260 Å². The quantitative estimate of drug-likeness (QED) is 0.0374. The van der Waals surface area contributed by atoms with Gasteiger partial charge in [0.25, 0.3) is 0 Å². The van der Waals surface area contributed by atoms with Gasteiger partial charge in [-0.05, 0) is 24.6 Å². The summed E-state index contributed by atoms with van der Waals surface area (Å²) in [4.78, 5) is 42.2. The molecule has 18 nitrogen and oxygen atoms in total. The molecule has 0 aliphatic carbocycles. The molecule has 0 saturated carbocycles. The van der Waals surface area contributed by atoms with E-state index in [9.17, 15) is 53.3 Å². The summed E-state index contributed by atoms with van der Waals surface area (Å²) in [5.74, 6) is -2.40. The number of carbonyl (C=O) groups excluding carboxylic acids is 3. The molecule has 5 rings (SSSR count). The molecule has 0 aromatic heterocycles. The number of fused-ring (bicyclic) bond motifs is 2. The molecule has 0 bridgehead atoms. The number of hydroxylamine groups is 2. The molecule has 2 unspecified atom stereocenters. The number of anilines is 1. The molecule has 2 aromatic rings. The van der Waals surface area contributed by atoms with Gasteiger partial charge in [-0.3, -0.25) is 0 Å². The van der Waals surface area contributed by atoms with Crippen LogP contribution in [-0.2, 0) is 69.9 Å². The maximum atomic E-state index is 12.4. The van der Waals surface area contributed by atoms with Crippen LogP contribution < -0.4 is 26.4 Å². The molecule has 2 atom stereocenters. The fraction of sp³-hybridized carbons (Fsp3) is 0.455. The van der Waals surface area contributed by atoms with Crippen LogP contribution in [0.2, 0.25) is 0 Å². The minimum Gasteiger partial charge on any atom is -0.748 e. The number of halogens is 1. The molecule has 3 aliphatic heterocycles. The van der Waals surface area contributed by atoms with Crippen LogP contribution in [0.15, 0.2) is 94.4 Å². The Morgan fingerprint density at radius 1 is 0.773 bits per heavy atom. The van der Waals surface area contributed by atoms with E-state index in [1.807, 2.05) is 24.0 Å². The average molecular weight is 1090 g/mol. The zero-order chi connectivity index (χ0) is 48.5. The number of methoxy groups -OCH3 is 2. The van der Waals surface area contributed by atoms with E-state index in [0.29, 0.717) is 67.4 Å². The Bertz CT molecular complexity index is 2660. The molecule has 1 saturated heterocycles. The number of benzene rings is 2. The Balaban J connectivity index is 1.43. The van der Waals surface area contributed by atoms with E-state index in [2.05, 4.69) is 2.79 Å². The first-order valence-electron chi connectivity index (χ1n) is 21.0. The van der Waals surface area contributed by atoms with Crippen molar-refractivity contribution in [3.63, 3.8) is 0 Å². The van der Waals surface area contributed by atoms with Crippen molar-refractivity contribution in [3.05, 3.63) is 99.3 Å². The number of nitrogens with zero attached hydrogens (tertiary/aromatic N) is 3. The van der Waals surface area contributed by atoms with E-state index >= 15 is 0 Å². The van der Waals surface area contributed by atoms with Gasteiger partial charge in [-0.1, -0.05) is 0 Å². The van der Waals surface area contributed by atoms with Gasteiger partial charge in [0.05, 0.1) is 21.6 Å². The van der Waals surface area contributed by atoms with Crippen LogP contribution in [-0.4, -0.2) is 117 Å². The molecule has 0 N–H and O–H groups in total. The van der Waals surface area contributed by atoms with E-state index < -0.39 is 91.1 Å². The first-order chi connectivity index (χ1) is 31.0. The SMILES string of the molecule is COCCN1/C(=C/C=C/C=C/C=C/C2=[N+](CCCCCC(=O)ON3C(=O)CCC3=O)[I-]c3ccc(S(=O)(=O)[O-])cc3C2(C)CCOC)C(C)(CCCS(=O)(=O)[O-])c2cc(S(=O)(=O)[O-])ccc21. The summed E-state index contributed by atoms with van der Waals surface area (Å²) in [6, 6.07) is 8.53. The summed E-state index contributed by atoms with van der Waals surface area (Å²) in [7, 11) is -11.1. The number of unbranched alkanes of at least 4 members (excludes halogenated alkanes) is 2. The number of hydrogen-bond donors (Lipinski definition) is 0. The van der Waals surface area contributed by atoms with Crippen molar-refractivity contribution >= 4 is 59.5 Å². The summed E-state index contributed by atoms with van der Waals surface area (Å²) in [6.07, 6.45) is 14.9. The average Bonchev–Trinajstić information content (AvgIpc) is 3.67. The van der Waals surface area contributed by atoms with Gasteiger partial charge in [0, 0.05) is 12.9 Å². The third-order valence-electron chi connectivity index (χ3n) is 11.6. The fourth-order valence-corrected chi connectivity index (χ4v) is 13.2. The molecular formula is C44H53IN3O15S3-3. The van der Waals surface area contributed by atoms with Crippen molar-refractivity contribution in [2.75, 3.05) is 51.2 Å². The summed E-state index contributed by atoms with van der Waals surface area (Å²) < 4.78 is 121. The van der Waals surface area contributed by atoms with E-state index in [1.165, 1.54) is 37.4 Å². The number of imide groups is 1. The predicted molar refractivity (Wildman–Crippen MR) is 233 cm³/mol. The monoisotopic (exact) mass is 1090 g/mol. The summed E-state index contributed by atoms with van der Waals surface area (Å²) in [5, 5.41) is 0.530. The zero-order valence-electron chi connectivity index (χ0n) is 37.0. The standard InChI is InChI=1S/C44H56IN3O15S3/c1-43(23-13-29-64(52,53)54)35-31-33(66(58,59)60)18-20-37(35)46(26-28-62-4)38(43)14-9-6-5-7-10-15-39-44(2,24-27-61-3)34-30-32(65(55,56)57)17-19-36(34)45-47(39)25-12-8-11-16-42(51)63-48-40(49)21-22-41(48)50/h5-7,9-10,14-15,17-20,30-31H,8,11-13,16,21-29H2,1-4H3,(H,52,53,54)(H,55,56,57)(H,58,59,60)/p-3/b7-5+,9-6+,15-10+,38-14+. The Labute approximate surface area is 396 Å². The second kappa shape index (κ2) is 22.3. The smallest absolute Gasteiger partial charge is 0.748 e. The van der Waals surface area contributed by atoms with Crippen LogP contribution in [0.4, 0.5) is 5.69 Å². The second-order valence-electron chi connectivity index (χ2n) is 16.2. The summed E-state index contributed by atoms with van der Waals surface area (Å²) in [6.45, 7) is 5.28. The third-order valence-corrected chi connectivity index (χ3v) is 17.1. The van der Waals surface area contributed by atoms with Crippen molar-refractivity contribution in [2.45, 2.75) is 92.3 Å². The molecule has 3 heterocycles. The fourth-order valence-electron chi connectivity index (χ4n) is 8.18. The number of carbonyl (C=O) groups is 3. The molecular weight excluding hydrogens is 1030 g/mol. The van der Waals surface area contributed by atoms with E-state index in [1.54, 1.807) is 50.5 Å². The van der Waals surface area contributed by atoms with Crippen LogP contribution in [0.5, 0.6) is 0 Å². The van der Waals surface area contributed by atoms with Crippen molar-refractivity contribution in [1.29, 1.82) is 0 Å². The van der Waals surface area contributed by atoms with Gasteiger partial charge in [-0.15, -0.1) is 0 Å². The van der Waals surface area contributed by atoms with Gasteiger partial charge in [-0.2, -0.15) is 0 Å². The predicted octanol–water partition coefficient (Wildman–Crippen LogP) is 0.900. The number of amides is 2. The molecule has 0 spiro atoms. The first kappa shape index (κ1) is 52.8. The Hall–Kier alpha value is -4.14. The first-order valence-corrected chi connectivity index (χ1v) is 27.5. The molecule has 22 heteroatoms. The van der Waals surface area contributed by atoms with Crippen LogP contribution in [0, 0.1) is 3.57 Å². The van der Waals surface area contributed by atoms with Gasteiger partial charge in [0.15, 0.2) is 0 Å². The van der Waals surface area contributed by atoms with Crippen molar-refractivity contribution < 1.29 is 91.9 Å². The van der Waals surface area contributed by atoms with E-state index in [-0.39, 0.29) is 43.6 Å². The Kier molecular flexibility index (Phi) is 17.9. The van der Waals surface area contributed by atoms with E-state index in [0.717, 1.165) is 14.8 Å². The van der Waals surface area contributed by atoms with Crippen LogP contribution in [0.1, 0.15) is 82.8 Å². The number of allylic oxidation sites excluding steroid dienone is 8. The van der Waals surface area contributed by atoms with Gasteiger partial charge >= 0.3 is 299 Å². The summed E-state index contributed by atoms with van der Waals surface area (Å²) >= 11 is -0.915. The Morgan fingerprint density at radius 3 is 2.03 bits per heavy atom. The van der Waals surface area contributed by atoms with E-state index in [4.69, 9.17) is 14.3 Å². The minimum atomic E-state index is -4.83. The van der Waals surface area contributed by atoms with Crippen LogP contribution in [0.3, 0.4) is 0 Å². The molecule has 3 aliphatic rings. The van der Waals surface area contributed by atoms with Crippen molar-refractivity contribution in [2.24, 2.45) is 0 Å². The molecule has 2 amide bonds. The number of hydrogen-bond acceptors (Lipinski definition) is 16. The summed E-state index contributed by atoms with van der Waals surface area (Å²) in [5.41, 5.74) is 1.55. The third kappa shape index (κ3) is 13.1. The minimum absolute atomic E-state index is 0.00240. The zero-order valence-corrected chi connectivity index (χ0v) is 41.6. The molecule has 66 heavy (non-hydrogen) atoms. The molecule has 2 aromatic carbocycles. The van der Waals surface area contributed by atoms with Crippen LogP contribution >= 0.6 is 0 Å². The van der Waals surface area contributed by atoms with Crippen LogP contribution in [0.25, 0.3) is 0 Å². The van der Waals surface area contributed by atoms with Crippen molar-refractivity contribution in [3.8, 4) is 0 Å². The molecule has 362 valence electrons. The van der Waals surface area contributed by atoms with Crippen molar-refractivity contribution in [1.82, 2.24) is 5.06 Å².